The van der Waals surface area contributed by atoms with E-state index in [1.807, 2.05) is 0 Å². The molecule has 28 heavy (non-hydrogen) atoms. The zero-order valence-corrected chi connectivity index (χ0v) is 17.1. The summed E-state index contributed by atoms with van der Waals surface area (Å²) in [5.41, 5.74) is 1.34. The van der Waals surface area contributed by atoms with Crippen molar-refractivity contribution < 1.29 is 28.6 Å². The van der Waals surface area contributed by atoms with E-state index < -0.39 is 11.9 Å². The lowest BCUT2D eigenvalue weighted by molar-refractivity contribution is -0.118. The summed E-state index contributed by atoms with van der Waals surface area (Å²) in [5.74, 6) is -0.112. The second kappa shape index (κ2) is 10.5. The Balaban J connectivity index is 2.01. The standard InChI is InChI=1S/C20H20BrNO6/c1-3-26-17-10-13(11-23)9-16(21)19(17)28-12-18(24)22-15-7-5-14(6-8-15)20(25)27-4-2/h5-11H,3-4,12H2,1-2H3,(H,22,24). The SMILES string of the molecule is CCOC(=O)c1ccc(NC(=O)COc2c(Br)cc(C=O)cc2OCC)cc1. The fraction of sp³-hybridized carbons (Fsp3) is 0.250. The Labute approximate surface area is 171 Å². The first-order chi connectivity index (χ1) is 13.5. The molecule has 0 aromatic heterocycles. The van der Waals surface area contributed by atoms with Gasteiger partial charge in [-0.2, -0.15) is 0 Å². The van der Waals surface area contributed by atoms with Crippen molar-refractivity contribution in [3.05, 3.63) is 52.0 Å². The first-order valence-electron chi connectivity index (χ1n) is 8.59. The van der Waals surface area contributed by atoms with Crippen LogP contribution >= 0.6 is 15.9 Å². The monoisotopic (exact) mass is 449 g/mol. The number of amides is 1. The van der Waals surface area contributed by atoms with Crippen LogP contribution in [0.15, 0.2) is 40.9 Å². The van der Waals surface area contributed by atoms with E-state index in [9.17, 15) is 14.4 Å². The Kier molecular flexibility index (Phi) is 8.01. The van der Waals surface area contributed by atoms with Crippen molar-refractivity contribution in [2.45, 2.75) is 13.8 Å². The van der Waals surface area contributed by atoms with Crippen LogP contribution in [0.25, 0.3) is 0 Å². The second-order valence-electron chi connectivity index (χ2n) is 5.52. The molecule has 0 aliphatic heterocycles. The highest BCUT2D eigenvalue weighted by Gasteiger charge is 2.14. The zero-order chi connectivity index (χ0) is 20.5. The Morgan fingerprint density at radius 3 is 2.39 bits per heavy atom. The number of carbonyl (C=O) groups excluding carboxylic acids is 3. The molecular formula is C20H20BrNO6. The van der Waals surface area contributed by atoms with E-state index in [0.717, 1.165) is 0 Å². The van der Waals surface area contributed by atoms with Gasteiger partial charge in [0.2, 0.25) is 0 Å². The Bertz CT molecular complexity index is 851. The van der Waals surface area contributed by atoms with Gasteiger partial charge in [0.15, 0.2) is 18.1 Å². The van der Waals surface area contributed by atoms with Crippen LogP contribution in [-0.2, 0) is 9.53 Å². The van der Waals surface area contributed by atoms with Crippen molar-refractivity contribution in [3.63, 3.8) is 0 Å². The van der Waals surface area contributed by atoms with Crippen LogP contribution in [0.4, 0.5) is 5.69 Å². The third-order valence-corrected chi connectivity index (χ3v) is 4.08. The van der Waals surface area contributed by atoms with E-state index in [-0.39, 0.29) is 6.61 Å². The number of esters is 1. The number of hydrogen-bond acceptors (Lipinski definition) is 6. The molecule has 0 atom stereocenters. The highest BCUT2D eigenvalue weighted by molar-refractivity contribution is 9.10. The van der Waals surface area contributed by atoms with Crippen molar-refractivity contribution in [1.29, 1.82) is 0 Å². The average molecular weight is 450 g/mol. The van der Waals surface area contributed by atoms with Gasteiger partial charge in [0.05, 0.1) is 23.2 Å². The third kappa shape index (κ3) is 5.82. The topological polar surface area (TPSA) is 90.9 Å². The van der Waals surface area contributed by atoms with E-state index in [2.05, 4.69) is 21.2 Å². The zero-order valence-electron chi connectivity index (χ0n) is 15.5. The van der Waals surface area contributed by atoms with Gasteiger partial charge in [-0.15, -0.1) is 0 Å². The first-order valence-corrected chi connectivity index (χ1v) is 9.39. The molecule has 0 aliphatic rings. The third-order valence-electron chi connectivity index (χ3n) is 3.50. The fourth-order valence-corrected chi connectivity index (χ4v) is 2.87. The number of benzene rings is 2. The van der Waals surface area contributed by atoms with Crippen LogP contribution in [0.1, 0.15) is 34.6 Å². The summed E-state index contributed by atoms with van der Waals surface area (Å²) in [7, 11) is 0. The summed E-state index contributed by atoms with van der Waals surface area (Å²) in [4.78, 5) is 34.8. The molecule has 2 aromatic carbocycles. The van der Waals surface area contributed by atoms with Crippen LogP contribution in [0, 0.1) is 0 Å². The van der Waals surface area contributed by atoms with E-state index in [1.165, 1.54) is 0 Å². The van der Waals surface area contributed by atoms with Gasteiger partial charge in [0.25, 0.3) is 5.91 Å². The van der Waals surface area contributed by atoms with Gasteiger partial charge in [0.1, 0.15) is 6.29 Å². The molecule has 0 unspecified atom stereocenters. The van der Waals surface area contributed by atoms with Crippen molar-refractivity contribution in [2.75, 3.05) is 25.1 Å². The maximum atomic E-state index is 12.2. The largest absolute Gasteiger partial charge is 0.490 e. The van der Waals surface area contributed by atoms with Gasteiger partial charge in [-0.05, 0) is 66.2 Å². The second-order valence-corrected chi connectivity index (χ2v) is 6.37. The van der Waals surface area contributed by atoms with E-state index in [1.54, 1.807) is 50.2 Å². The molecule has 0 saturated carbocycles. The van der Waals surface area contributed by atoms with Crippen LogP contribution in [0.2, 0.25) is 0 Å². The molecule has 148 valence electrons. The summed E-state index contributed by atoms with van der Waals surface area (Å²) in [6.07, 6.45) is 0.698. The molecule has 0 aliphatic carbocycles. The van der Waals surface area contributed by atoms with E-state index in [4.69, 9.17) is 14.2 Å². The van der Waals surface area contributed by atoms with Crippen LogP contribution in [0.3, 0.4) is 0 Å². The smallest absolute Gasteiger partial charge is 0.338 e. The van der Waals surface area contributed by atoms with Crippen molar-refractivity contribution >= 4 is 39.8 Å². The number of hydrogen-bond donors (Lipinski definition) is 1. The number of anilines is 1. The molecule has 1 amide bonds. The van der Waals surface area contributed by atoms with Crippen molar-refractivity contribution in [3.8, 4) is 11.5 Å². The Morgan fingerprint density at radius 2 is 1.79 bits per heavy atom. The minimum atomic E-state index is -0.421. The van der Waals surface area contributed by atoms with E-state index >= 15 is 0 Å². The maximum absolute atomic E-state index is 12.2. The van der Waals surface area contributed by atoms with Crippen LogP contribution in [0.5, 0.6) is 11.5 Å². The molecule has 0 radical (unpaired) electrons. The molecule has 8 heteroatoms. The molecule has 0 fully saturated rings. The van der Waals surface area contributed by atoms with E-state index in [0.29, 0.717) is 52.3 Å². The summed E-state index contributed by atoms with van der Waals surface area (Å²) in [6, 6.07) is 9.46. The highest BCUT2D eigenvalue weighted by atomic mass is 79.9. The van der Waals surface area contributed by atoms with Gasteiger partial charge in [-0.25, -0.2) is 4.79 Å². The lowest BCUT2D eigenvalue weighted by atomic mass is 10.2. The molecule has 0 saturated heterocycles. The molecule has 0 bridgehead atoms. The van der Waals surface area contributed by atoms with Gasteiger partial charge in [-0.3, -0.25) is 9.59 Å². The summed E-state index contributed by atoms with van der Waals surface area (Å²) >= 11 is 3.32. The molecule has 0 heterocycles. The first kappa shape index (κ1) is 21.4. The quantitative estimate of drug-likeness (QED) is 0.461. The van der Waals surface area contributed by atoms with Crippen molar-refractivity contribution in [1.82, 2.24) is 0 Å². The Hall–Kier alpha value is -2.87. The number of ether oxygens (including phenoxy) is 3. The van der Waals surface area contributed by atoms with Crippen molar-refractivity contribution in [2.24, 2.45) is 0 Å². The summed E-state index contributed by atoms with van der Waals surface area (Å²) in [5, 5.41) is 2.68. The highest BCUT2D eigenvalue weighted by Crippen LogP contribution is 2.36. The molecule has 2 rings (SSSR count). The number of rotatable bonds is 9. The minimum Gasteiger partial charge on any atom is -0.490 e. The molecule has 0 spiro atoms. The Morgan fingerprint density at radius 1 is 1.07 bits per heavy atom. The van der Waals surface area contributed by atoms with Crippen LogP contribution < -0.4 is 14.8 Å². The molecule has 2 aromatic rings. The number of nitrogens with one attached hydrogen (secondary N) is 1. The van der Waals surface area contributed by atoms with Gasteiger partial charge < -0.3 is 19.5 Å². The number of halogens is 1. The van der Waals surface area contributed by atoms with Gasteiger partial charge >= 0.3 is 5.97 Å². The van der Waals surface area contributed by atoms with Gasteiger partial charge in [0, 0.05) is 11.3 Å². The predicted octanol–water partition coefficient (Wildman–Crippen LogP) is 3.85. The van der Waals surface area contributed by atoms with Crippen LogP contribution in [-0.4, -0.2) is 38.0 Å². The number of carbonyl (C=O) groups is 3. The number of aldehydes is 1. The predicted molar refractivity (Wildman–Crippen MR) is 107 cm³/mol. The average Bonchev–Trinajstić information content (AvgIpc) is 2.68. The lowest BCUT2D eigenvalue weighted by Gasteiger charge is -2.14. The summed E-state index contributed by atoms with van der Waals surface area (Å²) < 4.78 is 16.5. The maximum Gasteiger partial charge on any atom is 0.338 e. The molecular weight excluding hydrogens is 430 g/mol. The normalized spacial score (nSPS) is 10.1. The fourth-order valence-electron chi connectivity index (χ4n) is 2.30. The van der Waals surface area contributed by atoms with Gasteiger partial charge in [-0.1, -0.05) is 0 Å². The molecule has 7 nitrogen and oxygen atoms in total. The summed E-state index contributed by atoms with van der Waals surface area (Å²) in [6.45, 7) is 3.94. The lowest BCUT2D eigenvalue weighted by Crippen LogP contribution is -2.20. The minimum absolute atomic E-state index is 0.265. The molecule has 1 N–H and O–H groups in total.